The number of carbonyl (C=O) groups excluding carboxylic acids is 1. The van der Waals surface area contributed by atoms with Gasteiger partial charge in [0.05, 0.1) is 12.6 Å². The molecule has 0 spiro atoms. The van der Waals surface area contributed by atoms with Gasteiger partial charge in [-0.15, -0.1) is 0 Å². The highest BCUT2D eigenvalue weighted by Crippen LogP contribution is 2.24. The van der Waals surface area contributed by atoms with E-state index in [-0.39, 0.29) is 17.6 Å². The van der Waals surface area contributed by atoms with Crippen molar-refractivity contribution in [1.82, 2.24) is 9.97 Å². The van der Waals surface area contributed by atoms with Gasteiger partial charge in [0.25, 0.3) is 0 Å². The van der Waals surface area contributed by atoms with Gasteiger partial charge in [0.2, 0.25) is 11.2 Å². The van der Waals surface area contributed by atoms with Gasteiger partial charge in [-0.1, -0.05) is 29.8 Å². The van der Waals surface area contributed by atoms with Crippen LogP contribution in [0.3, 0.4) is 0 Å². The van der Waals surface area contributed by atoms with Crippen LogP contribution in [-0.4, -0.2) is 27.1 Å². The molecule has 10 heteroatoms. The third kappa shape index (κ3) is 6.06. The normalized spacial score (nSPS) is 10.3. The van der Waals surface area contributed by atoms with E-state index in [1.165, 1.54) is 12.3 Å². The summed E-state index contributed by atoms with van der Waals surface area (Å²) in [7, 11) is 0. The number of rotatable bonds is 6. The van der Waals surface area contributed by atoms with E-state index >= 15 is 0 Å². The highest BCUT2D eigenvalue weighted by atomic mass is 35.5. The Kier molecular flexibility index (Phi) is 6.48. The minimum Gasteiger partial charge on any atom is -0.465 e. The molecule has 0 bridgehead atoms. The maximum atomic E-state index is 12.4. The van der Waals surface area contributed by atoms with Gasteiger partial charge in [-0.3, -0.25) is 10.1 Å². The first-order chi connectivity index (χ1) is 13.9. The first-order valence-corrected chi connectivity index (χ1v) is 9.08. The average Bonchev–Trinajstić information content (AvgIpc) is 2.64. The summed E-state index contributed by atoms with van der Waals surface area (Å²) in [5.41, 5.74) is 2.28. The average molecular weight is 432 g/mol. The second kappa shape index (κ2) is 9.22. The lowest BCUT2D eigenvalue weighted by molar-refractivity contribution is -0.115. The van der Waals surface area contributed by atoms with Crippen LogP contribution in [0.2, 0.25) is 10.3 Å². The van der Waals surface area contributed by atoms with E-state index in [0.717, 1.165) is 5.56 Å². The van der Waals surface area contributed by atoms with Crippen molar-refractivity contribution in [2.24, 2.45) is 0 Å². The molecule has 2 aromatic carbocycles. The van der Waals surface area contributed by atoms with E-state index in [4.69, 9.17) is 28.3 Å². The summed E-state index contributed by atoms with van der Waals surface area (Å²) in [4.78, 5) is 30.9. The van der Waals surface area contributed by atoms with E-state index in [1.54, 1.807) is 36.4 Å². The number of hydrogen-bond donors (Lipinski definition) is 4. The number of nitrogens with zero attached hydrogens (tertiary/aromatic N) is 2. The molecule has 0 saturated carbocycles. The largest absolute Gasteiger partial charge is 0.465 e. The second-order valence-electron chi connectivity index (χ2n) is 5.90. The van der Waals surface area contributed by atoms with Gasteiger partial charge in [0.1, 0.15) is 5.02 Å². The highest BCUT2D eigenvalue weighted by molar-refractivity contribution is 6.33. The van der Waals surface area contributed by atoms with E-state index in [2.05, 4.69) is 25.9 Å². The number of aromatic nitrogens is 2. The number of carboxylic acid groups (broad SMARTS) is 1. The predicted octanol–water partition coefficient (Wildman–Crippen LogP) is 4.80. The lowest BCUT2D eigenvalue weighted by atomic mass is 10.1. The smallest absolute Gasteiger partial charge is 0.409 e. The van der Waals surface area contributed by atoms with Crippen molar-refractivity contribution in [3.8, 4) is 0 Å². The minimum atomic E-state index is -1.18. The molecule has 0 unspecified atom stereocenters. The van der Waals surface area contributed by atoms with Crippen LogP contribution in [0, 0.1) is 0 Å². The number of benzene rings is 2. The van der Waals surface area contributed by atoms with Crippen LogP contribution < -0.4 is 16.0 Å². The fourth-order valence-corrected chi connectivity index (χ4v) is 2.79. The first-order valence-electron chi connectivity index (χ1n) is 8.33. The van der Waals surface area contributed by atoms with Gasteiger partial charge in [0, 0.05) is 17.1 Å². The van der Waals surface area contributed by atoms with Crippen molar-refractivity contribution in [3.63, 3.8) is 0 Å². The molecule has 0 aliphatic rings. The number of amides is 2. The van der Waals surface area contributed by atoms with Gasteiger partial charge in [-0.2, -0.15) is 4.98 Å². The van der Waals surface area contributed by atoms with Crippen LogP contribution in [0.1, 0.15) is 5.56 Å². The third-order valence-electron chi connectivity index (χ3n) is 3.67. The van der Waals surface area contributed by atoms with Crippen molar-refractivity contribution in [1.29, 1.82) is 0 Å². The number of halogens is 2. The minimum absolute atomic E-state index is 0.0621. The van der Waals surface area contributed by atoms with Crippen LogP contribution >= 0.6 is 23.2 Å². The summed E-state index contributed by atoms with van der Waals surface area (Å²) in [6, 6.07) is 13.6. The lowest BCUT2D eigenvalue weighted by Gasteiger charge is -2.10. The molecule has 0 fully saturated rings. The molecule has 3 rings (SSSR count). The summed E-state index contributed by atoms with van der Waals surface area (Å²) in [6.07, 6.45) is 0.330. The monoisotopic (exact) mass is 431 g/mol. The molecule has 0 saturated heterocycles. The molecular formula is C19H15Cl2N5O3. The highest BCUT2D eigenvalue weighted by Gasteiger charge is 2.08. The Labute approximate surface area is 175 Å². The van der Waals surface area contributed by atoms with Crippen molar-refractivity contribution in [3.05, 3.63) is 70.6 Å². The summed E-state index contributed by atoms with van der Waals surface area (Å²) >= 11 is 11.8. The SMILES string of the molecule is O=C(O)Nc1cccc(NC(=O)Cc2cccc(Nc3nc(Cl)ncc3Cl)c2)c1. The topological polar surface area (TPSA) is 116 Å². The Balaban J connectivity index is 1.66. The number of hydrogen-bond acceptors (Lipinski definition) is 5. The van der Waals surface area contributed by atoms with Crippen LogP contribution in [0.4, 0.5) is 27.7 Å². The molecule has 1 aromatic heterocycles. The second-order valence-corrected chi connectivity index (χ2v) is 6.64. The fourth-order valence-electron chi connectivity index (χ4n) is 2.52. The quantitative estimate of drug-likeness (QED) is 0.416. The van der Waals surface area contributed by atoms with Crippen molar-refractivity contribution >= 4 is 58.1 Å². The molecule has 0 aliphatic heterocycles. The molecule has 0 aliphatic carbocycles. The molecule has 0 atom stereocenters. The summed E-state index contributed by atoms with van der Waals surface area (Å²) in [5, 5.41) is 17.2. The van der Waals surface area contributed by atoms with Gasteiger partial charge < -0.3 is 15.7 Å². The Morgan fingerprint density at radius 3 is 2.41 bits per heavy atom. The van der Waals surface area contributed by atoms with E-state index in [9.17, 15) is 9.59 Å². The zero-order valence-electron chi connectivity index (χ0n) is 14.8. The molecule has 148 valence electrons. The van der Waals surface area contributed by atoms with E-state index in [1.807, 2.05) is 6.07 Å². The van der Waals surface area contributed by atoms with Crippen LogP contribution in [-0.2, 0) is 11.2 Å². The molecule has 29 heavy (non-hydrogen) atoms. The summed E-state index contributed by atoms with van der Waals surface area (Å²) in [5.74, 6) is 0.105. The maximum Gasteiger partial charge on any atom is 0.409 e. The van der Waals surface area contributed by atoms with Crippen LogP contribution in [0.5, 0.6) is 0 Å². The molecule has 8 nitrogen and oxygen atoms in total. The molecule has 0 radical (unpaired) electrons. The molecular weight excluding hydrogens is 417 g/mol. The van der Waals surface area contributed by atoms with Gasteiger partial charge >= 0.3 is 6.09 Å². The first kappa shape index (κ1) is 20.4. The van der Waals surface area contributed by atoms with Gasteiger partial charge in [-0.25, -0.2) is 9.78 Å². The van der Waals surface area contributed by atoms with Crippen molar-refractivity contribution in [2.75, 3.05) is 16.0 Å². The number of carbonyl (C=O) groups is 2. The fraction of sp³-hybridized carbons (Fsp3) is 0.0526. The Bertz CT molecular complexity index is 1060. The zero-order valence-corrected chi connectivity index (χ0v) is 16.3. The number of nitrogens with one attached hydrogen (secondary N) is 3. The van der Waals surface area contributed by atoms with E-state index < -0.39 is 6.09 Å². The Morgan fingerprint density at radius 1 is 0.966 bits per heavy atom. The van der Waals surface area contributed by atoms with Crippen molar-refractivity contribution in [2.45, 2.75) is 6.42 Å². The van der Waals surface area contributed by atoms with Crippen LogP contribution in [0.15, 0.2) is 54.7 Å². The molecule has 1 heterocycles. The Morgan fingerprint density at radius 2 is 1.66 bits per heavy atom. The standard InChI is InChI=1S/C19H15Cl2N5O3/c20-15-10-22-18(21)26-17(15)24-12-4-1-3-11(7-12)8-16(27)23-13-5-2-6-14(9-13)25-19(28)29/h1-7,9-10,25H,8H2,(H,23,27)(H,28,29)(H,22,24,26). The number of anilines is 4. The van der Waals surface area contributed by atoms with Gasteiger partial charge in [0.15, 0.2) is 5.82 Å². The molecule has 4 N–H and O–H groups in total. The summed E-state index contributed by atoms with van der Waals surface area (Å²) in [6.45, 7) is 0. The zero-order chi connectivity index (χ0) is 20.8. The summed E-state index contributed by atoms with van der Waals surface area (Å²) < 4.78 is 0. The van der Waals surface area contributed by atoms with Crippen molar-refractivity contribution < 1.29 is 14.7 Å². The molecule has 3 aromatic rings. The lowest BCUT2D eigenvalue weighted by Crippen LogP contribution is -2.15. The van der Waals surface area contributed by atoms with E-state index in [0.29, 0.717) is 27.9 Å². The maximum absolute atomic E-state index is 12.4. The van der Waals surface area contributed by atoms with Crippen LogP contribution in [0.25, 0.3) is 0 Å². The predicted molar refractivity (Wildman–Crippen MR) is 112 cm³/mol. The van der Waals surface area contributed by atoms with Gasteiger partial charge in [-0.05, 0) is 47.5 Å². The third-order valence-corrected chi connectivity index (χ3v) is 4.13. The Hall–Kier alpha value is -3.36. The molecule has 2 amide bonds.